The van der Waals surface area contributed by atoms with Gasteiger partial charge in [0.05, 0.1) is 0 Å². The largest absolute Gasteiger partial charge is 0.563 e. The predicted molar refractivity (Wildman–Crippen MR) is 75.6 cm³/mol. The Morgan fingerprint density at radius 3 is 1.76 bits per heavy atom. The van der Waals surface area contributed by atoms with Gasteiger partial charge >= 0.3 is 0 Å². The number of hydrogen-bond donors (Lipinski definition) is 0. The maximum atomic E-state index is 6.45. The zero-order valence-corrected chi connectivity index (χ0v) is 12.8. The summed E-state index contributed by atoms with van der Waals surface area (Å²) in [5.41, 5.74) is 0. The molecule has 0 unspecified atom stereocenters. The van der Waals surface area contributed by atoms with E-state index in [0.29, 0.717) is 11.8 Å². The van der Waals surface area contributed by atoms with E-state index < -0.39 is 6.55 Å². The molecule has 17 heavy (non-hydrogen) atoms. The van der Waals surface area contributed by atoms with Crippen molar-refractivity contribution in [1.82, 2.24) is 0 Å². The van der Waals surface area contributed by atoms with Crippen LogP contribution in [0.3, 0.4) is 0 Å². The van der Waals surface area contributed by atoms with Crippen LogP contribution in [-0.2, 0) is 9.31 Å². The van der Waals surface area contributed by atoms with Crippen molar-refractivity contribution in [2.45, 2.75) is 71.8 Å². The maximum absolute atomic E-state index is 6.45. The Morgan fingerprint density at radius 2 is 1.47 bits per heavy atom. The third-order valence-corrected chi connectivity index (χ3v) is 4.39. The quantitative estimate of drug-likeness (QED) is 0.548. The van der Waals surface area contributed by atoms with Crippen LogP contribution < -0.4 is 0 Å². The Kier molecular flexibility index (Phi) is 5.36. The van der Waals surface area contributed by atoms with Gasteiger partial charge in [-0.05, 0) is 17.1 Å². The molecule has 1 aliphatic rings. The van der Waals surface area contributed by atoms with Crippen molar-refractivity contribution in [3.63, 3.8) is 0 Å². The van der Waals surface area contributed by atoms with E-state index in [2.05, 4.69) is 34.6 Å². The summed E-state index contributed by atoms with van der Waals surface area (Å²) in [5.74, 6) is 0.938. The highest BCUT2D eigenvalue weighted by atomic mass is 35.5. The Balaban J connectivity index is 2.79. The second-order valence-electron chi connectivity index (χ2n) is 6.17. The van der Waals surface area contributed by atoms with Crippen LogP contribution in [0.15, 0.2) is 0 Å². The minimum atomic E-state index is -1.33. The molecule has 1 saturated heterocycles. The summed E-state index contributed by atoms with van der Waals surface area (Å²) >= 11 is 6.45. The zero-order valence-electron chi connectivity index (χ0n) is 12.1. The van der Waals surface area contributed by atoms with Gasteiger partial charge in [0.15, 0.2) is 0 Å². The van der Waals surface area contributed by atoms with Gasteiger partial charge in [0, 0.05) is 12.2 Å². The van der Waals surface area contributed by atoms with Crippen LogP contribution in [0.5, 0.6) is 0 Å². The van der Waals surface area contributed by atoms with Gasteiger partial charge in [0.25, 0.3) is 6.55 Å². The fourth-order valence-corrected chi connectivity index (χ4v) is 2.97. The highest BCUT2D eigenvalue weighted by molar-refractivity contribution is 6.76. The Morgan fingerprint density at radius 1 is 1.06 bits per heavy atom. The molecule has 1 rings (SSSR count). The highest BCUT2D eigenvalue weighted by Gasteiger charge is 2.44. The number of hydrogen-bond acceptors (Lipinski definition) is 2. The van der Waals surface area contributed by atoms with Crippen molar-refractivity contribution in [3.8, 4) is 0 Å². The molecule has 4 heteroatoms. The van der Waals surface area contributed by atoms with Gasteiger partial charge in [-0.2, -0.15) is 11.6 Å². The van der Waals surface area contributed by atoms with Crippen molar-refractivity contribution >= 4 is 18.2 Å². The number of halogens is 1. The molecule has 1 heterocycles. The van der Waals surface area contributed by atoms with Crippen LogP contribution in [0, 0.1) is 11.8 Å². The van der Waals surface area contributed by atoms with Gasteiger partial charge in [0.1, 0.15) is 0 Å². The third-order valence-electron chi connectivity index (χ3n) is 3.71. The molecule has 0 aromatic rings. The van der Waals surface area contributed by atoms with Gasteiger partial charge in [-0.3, -0.25) is 0 Å². The summed E-state index contributed by atoms with van der Waals surface area (Å²) in [4.78, 5) is 0. The average molecular weight is 262 g/mol. The molecular formula is C13H27BClO2-. The third kappa shape index (κ3) is 3.39. The summed E-state index contributed by atoms with van der Waals surface area (Å²) in [6.45, 7) is 11.6. The molecule has 3 atom stereocenters. The van der Waals surface area contributed by atoms with E-state index in [9.17, 15) is 0 Å². The van der Waals surface area contributed by atoms with Gasteiger partial charge in [-0.25, -0.2) is 0 Å². The van der Waals surface area contributed by atoms with E-state index >= 15 is 0 Å². The summed E-state index contributed by atoms with van der Waals surface area (Å²) in [5, 5.41) is -0.00926. The first-order valence-corrected chi connectivity index (χ1v) is 7.43. The Bertz CT molecular complexity index is 230. The van der Waals surface area contributed by atoms with E-state index in [0.717, 1.165) is 12.8 Å². The van der Waals surface area contributed by atoms with Gasteiger partial charge in [0.2, 0.25) is 0 Å². The fourth-order valence-electron chi connectivity index (χ4n) is 2.63. The van der Waals surface area contributed by atoms with Crippen LogP contribution in [0.25, 0.3) is 0 Å². The first-order valence-electron chi connectivity index (χ1n) is 7.00. The zero-order chi connectivity index (χ0) is 13.2. The lowest BCUT2D eigenvalue weighted by atomic mass is 9.55. The molecule has 0 radical (unpaired) electrons. The predicted octanol–water partition coefficient (Wildman–Crippen LogP) is 4.10. The molecule has 1 aliphatic heterocycles. The summed E-state index contributed by atoms with van der Waals surface area (Å²) in [7, 11) is 0. The van der Waals surface area contributed by atoms with Crippen molar-refractivity contribution < 1.29 is 9.31 Å². The smallest absolute Gasteiger partial charge is 0.255 e. The second-order valence-corrected chi connectivity index (χ2v) is 6.73. The maximum Gasteiger partial charge on any atom is 0.255 e. The lowest BCUT2D eigenvalue weighted by molar-refractivity contribution is 0.0815. The van der Waals surface area contributed by atoms with E-state index in [1.54, 1.807) is 0 Å². The van der Waals surface area contributed by atoms with Crippen molar-refractivity contribution in [1.29, 1.82) is 0 Å². The molecule has 0 aliphatic carbocycles. The van der Waals surface area contributed by atoms with E-state index in [-0.39, 0.29) is 17.5 Å². The van der Waals surface area contributed by atoms with Gasteiger partial charge < -0.3 is 9.31 Å². The number of rotatable bonds is 5. The van der Waals surface area contributed by atoms with Crippen LogP contribution in [0.1, 0.15) is 47.5 Å². The van der Waals surface area contributed by atoms with Crippen molar-refractivity contribution in [3.05, 3.63) is 0 Å². The SMILES string of the molecule is CCC[C@@H](Cl)[B-]1(C)O[C@@H](C(C)C)[C@H](C(C)C)O1. The minimum absolute atomic E-state index is 0.00926. The lowest BCUT2D eigenvalue weighted by Gasteiger charge is -2.36. The molecule has 0 amide bonds. The van der Waals surface area contributed by atoms with Crippen molar-refractivity contribution in [2.24, 2.45) is 11.8 Å². The standard InChI is InChI=1S/C13H27BClO2/c1-7-8-11(15)14(6)16-12(9(2)3)13(17-14)10(4)5/h9-13H,7-8H2,1-6H3/q-1/t11-,12+,13+/m1/s1. The highest BCUT2D eigenvalue weighted by Crippen LogP contribution is 2.37. The molecule has 0 saturated carbocycles. The average Bonchev–Trinajstić information content (AvgIpc) is 2.58. The molecule has 0 bridgehead atoms. The summed E-state index contributed by atoms with van der Waals surface area (Å²) in [6, 6.07) is 0. The summed E-state index contributed by atoms with van der Waals surface area (Å²) in [6.07, 6.45) is 2.38. The Labute approximate surface area is 111 Å². The van der Waals surface area contributed by atoms with E-state index in [1.807, 2.05) is 6.82 Å². The van der Waals surface area contributed by atoms with Gasteiger partial charge in [-0.15, -0.1) is 6.82 Å². The normalized spacial score (nSPS) is 30.2. The molecule has 102 valence electrons. The van der Waals surface area contributed by atoms with Crippen LogP contribution in [0.4, 0.5) is 0 Å². The second kappa shape index (κ2) is 5.94. The van der Waals surface area contributed by atoms with Gasteiger partial charge in [-0.1, -0.05) is 47.5 Å². The molecular weight excluding hydrogens is 234 g/mol. The lowest BCUT2D eigenvalue weighted by Crippen LogP contribution is -2.44. The fraction of sp³-hybridized carbons (Fsp3) is 1.00. The summed E-state index contributed by atoms with van der Waals surface area (Å²) < 4.78 is 12.4. The molecule has 2 nitrogen and oxygen atoms in total. The molecule has 0 N–H and O–H groups in total. The molecule has 0 spiro atoms. The Hall–Kier alpha value is 0.275. The van der Waals surface area contributed by atoms with E-state index in [1.165, 1.54) is 0 Å². The van der Waals surface area contributed by atoms with E-state index in [4.69, 9.17) is 20.9 Å². The molecule has 0 aromatic carbocycles. The first kappa shape index (κ1) is 15.3. The number of alkyl halides is 1. The topological polar surface area (TPSA) is 18.5 Å². The van der Waals surface area contributed by atoms with Crippen LogP contribution in [0.2, 0.25) is 6.82 Å². The molecule has 0 aromatic heterocycles. The molecule has 1 fully saturated rings. The van der Waals surface area contributed by atoms with Crippen molar-refractivity contribution in [2.75, 3.05) is 0 Å². The monoisotopic (exact) mass is 261 g/mol. The minimum Gasteiger partial charge on any atom is -0.563 e. The first-order chi connectivity index (χ1) is 7.81. The van der Waals surface area contributed by atoms with Crippen LogP contribution >= 0.6 is 11.6 Å². The van der Waals surface area contributed by atoms with Crippen LogP contribution in [-0.4, -0.2) is 24.0 Å².